The Morgan fingerprint density at radius 1 is 1.50 bits per heavy atom. The van der Waals surface area contributed by atoms with E-state index in [4.69, 9.17) is 4.52 Å². The van der Waals surface area contributed by atoms with Crippen molar-refractivity contribution in [1.82, 2.24) is 5.27 Å². The molecule has 1 amide bonds. The van der Waals surface area contributed by atoms with Crippen molar-refractivity contribution >= 4 is 28.1 Å². The molecule has 0 unspecified atom stereocenters. The topological polar surface area (TPSA) is 105 Å². The van der Waals surface area contributed by atoms with Gasteiger partial charge in [0.1, 0.15) is 0 Å². The maximum absolute atomic E-state index is 12.2. The number of nitro groups is 1. The molecule has 0 aromatic carbocycles. The lowest BCUT2D eigenvalue weighted by Gasteiger charge is -2.09. The number of rotatable bonds is 8. The average molecular weight is 350 g/mol. The summed E-state index contributed by atoms with van der Waals surface area (Å²) < 4.78 is 5.16. The summed E-state index contributed by atoms with van der Waals surface area (Å²) in [7, 11) is 0. The van der Waals surface area contributed by atoms with Crippen molar-refractivity contribution in [3.8, 4) is 0 Å². The zero-order valence-corrected chi connectivity index (χ0v) is 13.8. The molecule has 0 aliphatic rings. The SMILES string of the molecule is C=CCN(CC=C)[n+]1noc(NC(=O)c2ccc([N+](=O)[O-])s2)c1C. The molecule has 24 heavy (non-hydrogen) atoms. The highest BCUT2D eigenvalue weighted by molar-refractivity contribution is 7.17. The summed E-state index contributed by atoms with van der Waals surface area (Å²) >= 11 is 0.787. The summed E-state index contributed by atoms with van der Waals surface area (Å²) in [5.74, 6) is -0.340. The van der Waals surface area contributed by atoms with Crippen LogP contribution >= 0.6 is 11.3 Å². The molecular formula is C14H16N5O4S+. The number of anilines is 1. The lowest BCUT2D eigenvalue weighted by molar-refractivity contribution is -0.761. The molecule has 2 aromatic rings. The molecule has 9 nitrogen and oxygen atoms in total. The van der Waals surface area contributed by atoms with Crippen LogP contribution in [0.15, 0.2) is 42.0 Å². The lowest BCUT2D eigenvalue weighted by Crippen LogP contribution is -2.60. The Morgan fingerprint density at radius 2 is 2.17 bits per heavy atom. The van der Waals surface area contributed by atoms with Crippen LogP contribution in [0.4, 0.5) is 10.9 Å². The lowest BCUT2D eigenvalue weighted by atomic mass is 10.4. The van der Waals surface area contributed by atoms with E-state index in [1.807, 2.05) is 0 Å². The Morgan fingerprint density at radius 3 is 2.71 bits per heavy atom. The van der Waals surface area contributed by atoms with Gasteiger partial charge in [0.15, 0.2) is 0 Å². The number of nitrogens with zero attached hydrogens (tertiary/aromatic N) is 4. The second kappa shape index (κ2) is 7.51. The Balaban J connectivity index is 2.17. The maximum Gasteiger partial charge on any atom is 0.324 e. The van der Waals surface area contributed by atoms with E-state index in [1.54, 1.807) is 24.1 Å². The zero-order valence-electron chi connectivity index (χ0n) is 13.0. The molecule has 2 heterocycles. The summed E-state index contributed by atoms with van der Waals surface area (Å²) in [4.78, 5) is 24.0. The monoisotopic (exact) mass is 350 g/mol. The number of hydrogen-bond acceptors (Lipinski definition) is 7. The Bertz CT molecular complexity index is 772. The zero-order chi connectivity index (χ0) is 17.7. The van der Waals surface area contributed by atoms with Gasteiger partial charge in [0.05, 0.1) is 27.7 Å². The Labute approximate surface area is 141 Å². The van der Waals surface area contributed by atoms with Crippen LogP contribution in [-0.4, -0.2) is 29.2 Å². The second-order valence-corrected chi connectivity index (χ2v) is 5.74. The smallest absolute Gasteiger partial charge is 0.284 e. The average Bonchev–Trinajstić information content (AvgIpc) is 3.15. The van der Waals surface area contributed by atoms with Crippen LogP contribution in [0, 0.1) is 17.0 Å². The van der Waals surface area contributed by atoms with Gasteiger partial charge in [-0.1, -0.05) is 23.5 Å². The van der Waals surface area contributed by atoms with E-state index in [-0.39, 0.29) is 15.8 Å². The molecule has 0 aliphatic carbocycles. The fraction of sp³-hybridized carbons (Fsp3) is 0.214. The first kappa shape index (κ1) is 17.3. The minimum atomic E-state index is -0.544. The summed E-state index contributed by atoms with van der Waals surface area (Å²) in [5, 5.41) is 18.8. The van der Waals surface area contributed by atoms with Gasteiger partial charge in [0, 0.05) is 13.0 Å². The third-order valence-electron chi connectivity index (χ3n) is 3.01. The molecular weight excluding hydrogens is 334 g/mol. The molecule has 0 saturated heterocycles. The molecule has 2 rings (SSSR count). The van der Waals surface area contributed by atoms with Crippen LogP contribution in [0.5, 0.6) is 0 Å². The number of hydrogen-bond donors (Lipinski definition) is 1. The maximum atomic E-state index is 12.2. The summed E-state index contributed by atoms with van der Waals surface area (Å²) in [5.41, 5.74) is 0.568. The van der Waals surface area contributed by atoms with Gasteiger partial charge in [-0.05, 0) is 6.07 Å². The van der Waals surface area contributed by atoms with E-state index >= 15 is 0 Å². The minimum absolute atomic E-state index is 0.104. The van der Waals surface area contributed by atoms with Crippen LogP contribution in [0.2, 0.25) is 0 Å². The van der Waals surface area contributed by atoms with Crippen LogP contribution in [0.25, 0.3) is 0 Å². The molecule has 1 N–H and O–H groups in total. The van der Waals surface area contributed by atoms with Crippen LogP contribution in [0.1, 0.15) is 15.4 Å². The van der Waals surface area contributed by atoms with Crippen LogP contribution < -0.4 is 15.1 Å². The predicted molar refractivity (Wildman–Crippen MR) is 88.7 cm³/mol. The quantitative estimate of drug-likeness (QED) is 0.337. The fourth-order valence-corrected chi connectivity index (χ4v) is 2.63. The van der Waals surface area contributed by atoms with Crippen LogP contribution in [0.3, 0.4) is 0 Å². The molecule has 2 aromatic heterocycles. The van der Waals surface area contributed by atoms with Crippen molar-refractivity contribution in [3.05, 3.63) is 58.1 Å². The van der Waals surface area contributed by atoms with Gasteiger partial charge in [0.2, 0.25) is 5.27 Å². The second-order valence-electron chi connectivity index (χ2n) is 4.67. The summed E-state index contributed by atoms with van der Waals surface area (Å²) in [6.45, 7) is 10.1. The van der Waals surface area contributed by atoms with Gasteiger partial charge in [-0.15, -0.1) is 18.2 Å². The molecule has 10 heteroatoms. The molecule has 0 saturated carbocycles. The predicted octanol–water partition coefficient (Wildman–Crippen LogP) is 1.80. The molecule has 0 bridgehead atoms. The fourth-order valence-electron chi connectivity index (χ4n) is 1.91. The summed E-state index contributed by atoms with van der Waals surface area (Å²) in [6, 6.07) is 2.67. The normalized spacial score (nSPS) is 10.2. The van der Waals surface area contributed by atoms with E-state index in [0.29, 0.717) is 18.8 Å². The highest BCUT2D eigenvalue weighted by Gasteiger charge is 2.27. The van der Waals surface area contributed by atoms with E-state index in [0.717, 1.165) is 11.3 Å². The molecule has 0 atom stereocenters. The molecule has 0 aliphatic heterocycles. The molecule has 0 spiro atoms. The van der Waals surface area contributed by atoms with Gasteiger partial charge in [-0.25, -0.2) is 0 Å². The van der Waals surface area contributed by atoms with Crippen molar-refractivity contribution in [3.63, 3.8) is 0 Å². The summed E-state index contributed by atoms with van der Waals surface area (Å²) in [6.07, 6.45) is 3.40. The third-order valence-corrected chi connectivity index (χ3v) is 4.04. The first-order valence-corrected chi connectivity index (χ1v) is 7.70. The molecule has 126 valence electrons. The van der Waals surface area contributed by atoms with Gasteiger partial charge in [-0.2, -0.15) is 0 Å². The van der Waals surface area contributed by atoms with E-state index < -0.39 is 10.8 Å². The van der Waals surface area contributed by atoms with E-state index in [1.165, 1.54) is 16.9 Å². The third kappa shape index (κ3) is 3.66. The number of amides is 1. The van der Waals surface area contributed by atoms with Crippen molar-refractivity contribution in [1.29, 1.82) is 0 Å². The largest absolute Gasteiger partial charge is 0.324 e. The highest BCUT2D eigenvalue weighted by Crippen LogP contribution is 2.24. The van der Waals surface area contributed by atoms with E-state index in [9.17, 15) is 14.9 Å². The van der Waals surface area contributed by atoms with Crippen molar-refractivity contribution in [2.24, 2.45) is 0 Å². The van der Waals surface area contributed by atoms with Crippen molar-refractivity contribution in [2.75, 3.05) is 23.4 Å². The van der Waals surface area contributed by atoms with Gasteiger partial charge >= 0.3 is 16.6 Å². The number of carbonyl (C=O) groups is 1. The van der Waals surface area contributed by atoms with Crippen molar-refractivity contribution < 1.29 is 19.0 Å². The number of carbonyl (C=O) groups excluding carboxylic acids is 1. The minimum Gasteiger partial charge on any atom is -0.284 e. The highest BCUT2D eigenvalue weighted by atomic mass is 32.1. The number of nitrogens with one attached hydrogen (secondary N) is 1. The number of aromatic nitrogens is 2. The van der Waals surface area contributed by atoms with Crippen molar-refractivity contribution in [2.45, 2.75) is 6.92 Å². The molecule has 0 radical (unpaired) electrons. The van der Waals surface area contributed by atoms with Gasteiger partial charge in [-0.3, -0.25) is 24.7 Å². The molecule has 0 fully saturated rings. The Hall–Kier alpha value is -3.01. The number of thiophene rings is 1. The first-order valence-electron chi connectivity index (χ1n) is 6.89. The van der Waals surface area contributed by atoms with Crippen LogP contribution in [-0.2, 0) is 0 Å². The van der Waals surface area contributed by atoms with Gasteiger partial charge in [0.25, 0.3) is 5.91 Å². The van der Waals surface area contributed by atoms with Gasteiger partial charge < -0.3 is 0 Å². The van der Waals surface area contributed by atoms with E-state index in [2.05, 4.69) is 23.7 Å². The standard InChI is InChI=1S/C14H15N5O4S/c1-4-8-17(9-5-2)18-10(3)14(23-16-18)15-13(20)11-6-7-12(24-11)19(21)22/h4-7H,1-2,8-9H2,3H3/p+1. The first-order chi connectivity index (χ1) is 11.5. The Kier molecular flexibility index (Phi) is 5.42.